The van der Waals surface area contributed by atoms with Crippen LogP contribution in [-0.2, 0) is 6.54 Å². The minimum absolute atomic E-state index is 0.0404. The third-order valence-corrected chi connectivity index (χ3v) is 4.40. The van der Waals surface area contributed by atoms with Gasteiger partial charge in [0.2, 0.25) is 0 Å². The summed E-state index contributed by atoms with van der Waals surface area (Å²) in [5.74, 6) is 1.61. The Balaban J connectivity index is 1.46. The molecule has 1 saturated heterocycles. The zero-order chi connectivity index (χ0) is 15.0. The van der Waals surface area contributed by atoms with Gasteiger partial charge in [-0.2, -0.15) is 0 Å². The minimum Gasteiger partial charge on any atom is -0.468 e. The Morgan fingerprint density at radius 2 is 1.95 bits per heavy atom. The molecule has 0 unspecified atom stereocenters. The van der Waals surface area contributed by atoms with Gasteiger partial charge in [0.25, 0.3) is 5.91 Å². The molecule has 0 bridgehead atoms. The number of fused-ring (bicyclic) bond motifs is 1. The Labute approximate surface area is 128 Å². The monoisotopic (exact) mass is 298 g/mol. The number of hydrogen-bond acceptors (Lipinski definition) is 4. The normalized spacial score (nSPS) is 20.3. The lowest BCUT2D eigenvalue weighted by molar-refractivity contribution is -0.0314. The second kappa shape index (κ2) is 5.18. The first-order valence-electron chi connectivity index (χ1n) is 7.59. The Hall–Kier alpha value is -2.27. The summed E-state index contributed by atoms with van der Waals surface area (Å²) >= 11 is 0. The van der Waals surface area contributed by atoms with E-state index in [9.17, 15) is 4.79 Å². The van der Waals surface area contributed by atoms with Crippen molar-refractivity contribution in [2.24, 2.45) is 0 Å². The number of hydrogen-bond donors (Lipinski definition) is 1. The maximum Gasteiger partial charge on any atom is 0.258 e. The maximum atomic E-state index is 12.3. The molecule has 22 heavy (non-hydrogen) atoms. The molecule has 0 atom stereocenters. The molecule has 1 aromatic carbocycles. The molecule has 1 amide bonds. The number of nitrogens with zero attached hydrogens (tertiary/aromatic N) is 1. The molecular formula is C17H18N2O3. The fourth-order valence-electron chi connectivity index (χ4n) is 3.18. The summed E-state index contributed by atoms with van der Waals surface area (Å²) < 4.78 is 11.5. The van der Waals surface area contributed by atoms with Crippen LogP contribution in [0.15, 0.2) is 47.1 Å². The molecule has 114 valence electrons. The van der Waals surface area contributed by atoms with E-state index >= 15 is 0 Å². The number of carbonyl (C=O) groups excluding carboxylic acids is 1. The van der Waals surface area contributed by atoms with Gasteiger partial charge in [0, 0.05) is 25.9 Å². The van der Waals surface area contributed by atoms with Gasteiger partial charge in [0.1, 0.15) is 11.5 Å². The molecule has 1 N–H and O–H groups in total. The molecule has 1 fully saturated rings. The zero-order valence-electron chi connectivity index (χ0n) is 12.2. The van der Waals surface area contributed by atoms with Crippen molar-refractivity contribution < 1.29 is 13.9 Å². The van der Waals surface area contributed by atoms with E-state index < -0.39 is 5.72 Å². The van der Waals surface area contributed by atoms with Gasteiger partial charge in [0.05, 0.1) is 18.4 Å². The van der Waals surface area contributed by atoms with E-state index in [1.54, 1.807) is 12.3 Å². The SMILES string of the molecule is O=C1NC2(CCN(Cc3ccco3)CC2)Oc2ccccc21. The van der Waals surface area contributed by atoms with Crippen molar-refractivity contribution in [1.29, 1.82) is 0 Å². The zero-order valence-corrected chi connectivity index (χ0v) is 12.2. The van der Waals surface area contributed by atoms with Gasteiger partial charge in [-0.05, 0) is 24.3 Å². The highest BCUT2D eigenvalue weighted by Gasteiger charge is 2.42. The average Bonchev–Trinajstić information content (AvgIpc) is 3.03. The van der Waals surface area contributed by atoms with Crippen molar-refractivity contribution in [3.63, 3.8) is 0 Å². The van der Waals surface area contributed by atoms with Crippen LogP contribution in [0.3, 0.4) is 0 Å². The number of ether oxygens (including phenoxy) is 1. The van der Waals surface area contributed by atoms with E-state index in [0.29, 0.717) is 11.3 Å². The summed E-state index contributed by atoms with van der Waals surface area (Å²) in [6.45, 7) is 2.53. The first-order valence-corrected chi connectivity index (χ1v) is 7.59. The summed E-state index contributed by atoms with van der Waals surface area (Å²) in [7, 11) is 0. The molecule has 0 saturated carbocycles. The van der Waals surface area contributed by atoms with E-state index in [1.807, 2.05) is 30.3 Å². The first kappa shape index (κ1) is 13.4. The van der Waals surface area contributed by atoms with Crippen molar-refractivity contribution in [2.75, 3.05) is 13.1 Å². The lowest BCUT2D eigenvalue weighted by atomic mass is 9.97. The topological polar surface area (TPSA) is 54.7 Å². The van der Waals surface area contributed by atoms with Gasteiger partial charge in [-0.3, -0.25) is 9.69 Å². The van der Waals surface area contributed by atoms with Crippen molar-refractivity contribution in [1.82, 2.24) is 10.2 Å². The summed E-state index contributed by atoms with van der Waals surface area (Å²) in [6.07, 6.45) is 3.24. The molecule has 0 radical (unpaired) electrons. The van der Waals surface area contributed by atoms with Crippen LogP contribution >= 0.6 is 0 Å². The number of para-hydroxylation sites is 1. The minimum atomic E-state index is -0.564. The van der Waals surface area contributed by atoms with Crippen LogP contribution in [0.25, 0.3) is 0 Å². The maximum absolute atomic E-state index is 12.3. The molecule has 2 aliphatic rings. The van der Waals surface area contributed by atoms with E-state index in [2.05, 4.69) is 10.2 Å². The smallest absolute Gasteiger partial charge is 0.258 e. The molecular weight excluding hydrogens is 280 g/mol. The van der Waals surface area contributed by atoms with Gasteiger partial charge >= 0.3 is 0 Å². The highest BCUT2D eigenvalue weighted by molar-refractivity contribution is 5.98. The van der Waals surface area contributed by atoms with Crippen LogP contribution < -0.4 is 10.1 Å². The molecule has 2 aliphatic heterocycles. The molecule has 1 aromatic heterocycles. The number of piperidine rings is 1. The molecule has 1 spiro atoms. The predicted molar refractivity (Wildman–Crippen MR) is 80.5 cm³/mol. The van der Waals surface area contributed by atoms with Crippen LogP contribution in [0, 0.1) is 0 Å². The Bertz CT molecular complexity index is 673. The molecule has 5 heteroatoms. The highest BCUT2D eigenvalue weighted by atomic mass is 16.5. The Kier molecular flexibility index (Phi) is 3.15. The third kappa shape index (κ3) is 2.37. The quantitative estimate of drug-likeness (QED) is 0.925. The number of carbonyl (C=O) groups is 1. The fourth-order valence-corrected chi connectivity index (χ4v) is 3.18. The van der Waals surface area contributed by atoms with Crippen LogP contribution in [-0.4, -0.2) is 29.6 Å². The summed E-state index contributed by atoms with van der Waals surface area (Å²) in [5, 5.41) is 3.06. The number of benzene rings is 1. The molecule has 0 aliphatic carbocycles. The number of nitrogens with one attached hydrogen (secondary N) is 1. The van der Waals surface area contributed by atoms with E-state index in [4.69, 9.17) is 9.15 Å². The number of rotatable bonds is 2. The lowest BCUT2D eigenvalue weighted by Gasteiger charge is -2.44. The Morgan fingerprint density at radius 3 is 2.73 bits per heavy atom. The number of amides is 1. The second-order valence-corrected chi connectivity index (χ2v) is 5.90. The van der Waals surface area contributed by atoms with Gasteiger partial charge in [0.15, 0.2) is 5.72 Å². The molecule has 4 rings (SSSR count). The van der Waals surface area contributed by atoms with Crippen LogP contribution in [0.2, 0.25) is 0 Å². The first-order chi connectivity index (χ1) is 10.7. The van der Waals surface area contributed by atoms with Crippen LogP contribution in [0.4, 0.5) is 0 Å². The summed E-state index contributed by atoms with van der Waals surface area (Å²) in [6, 6.07) is 11.3. The number of likely N-dealkylation sites (tertiary alicyclic amines) is 1. The van der Waals surface area contributed by atoms with Crippen molar-refractivity contribution >= 4 is 5.91 Å². The summed E-state index contributed by atoms with van der Waals surface area (Å²) in [5.41, 5.74) is 0.0524. The van der Waals surface area contributed by atoms with Crippen molar-refractivity contribution in [3.8, 4) is 5.75 Å². The number of furan rings is 1. The Morgan fingerprint density at radius 1 is 1.14 bits per heavy atom. The predicted octanol–water partition coefficient (Wildman–Crippen LogP) is 2.39. The van der Waals surface area contributed by atoms with Crippen LogP contribution in [0.1, 0.15) is 29.0 Å². The largest absolute Gasteiger partial charge is 0.468 e. The van der Waals surface area contributed by atoms with Crippen LogP contribution in [0.5, 0.6) is 5.75 Å². The standard InChI is InChI=1S/C17H18N2O3/c20-16-14-5-1-2-6-15(14)22-17(18-16)7-9-19(10-8-17)12-13-4-3-11-21-13/h1-6,11H,7-10,12H2,(H,18,20). The second-order valence-electron chi connectivity index (χ2n) is 5.90. The van der Waals surface area contributed by atoms with Crippen molar-refractivity contribution in [2.45, 2.75) is 25.1 Å². The average molecular weight is 298 g/mol. The lowest BCUT2D eigenvalue weighted by Crippen LogP contribution is -2.60. The van der Waals surface area contributed by atoms with Gasteiger partial charge in [-0.25, -0.2) is 0 Å². The van der Waals surface area contributed by atoms with Gasteiger partial charge < -0.3 is 14.5 Å². The van der Waals surface area contributed by atoms with Gasteiger partial charge in [-0.15, -0.1) is 0 Å². The van der Waals surface area contributed by atoms with E-state index in [1.165, 1.54) is 0 Å². The third-order valence-electron chi connectivity index (χ3n) is 4.40. The molecule has 2 aromatic rings. The van der Waals surface area contributed by atoms with E-state index in [0.717, 1.165) is 38.2 Å². The highest BCUT2D eigenvalue weighted by Crippen LogP contribution is 2.33. The van der Waals surface area contributed by atoms with E-state index in [-0.39, 0.29) is 5.91 Å². The summed E-state index contributed by atoms with van der Waals surface area (Å²) in [4.78, 5) is 14.6. The van der Waals surface area contributed by atoms with Crippen molar-refractivity contribution in [3.05, 3.63) is 54.0 Å². The fraction of sp³-hybridized carbons (Fsp3) is 0.353. The molecule has 5 nitrogen and oxygen atoms in total. The van der Waals surface area contributed by atoms with Gasteiger partial charge in [-0.1, -0.05) is 12.1 Å². The molecule has 3 heterocycles.